The molecule has 0 radical (unpaired) electrons. The second kappa shape index (κ2) is 8.85. The van der Waals surface area contributed by atoms with Gasteiger partial charge in [-0.1, -0.05) is 23.8 Å². The summed E-state index contributed by atoms with van der Waals surface area (Å²) in [4.78, 5) is 8.48. The highest BCUT2D eigenvalue weighted by atomic mass is 35.5. The Balaban J connectivity index is 1.71. The summed E-state index contributed by atoms with van der Waals surface area (Å²) in [6.07, 6.45) is 11.3. The van der Waals surface area contributed by atoms with Crippen LogP contribution >= 0.6 is 11.6 Å². The van der Waals surface area contributed by atoms with Gasteiger partial charge in [0.1, 0.15) is 6.61 Å². The van der Waals surface area contributed by atoms with E-state index in [9.17, 15) is 0 Å². The summed E-state index contributed by atoms with van der Waals surface area (Å²) in [7, 11) is 1.88. The van der Waals surface area contributed by atoms with Gasteiger partial charge >= 0.3 is 0 Å². The molecule has 0 fully saturated rings. The molecule has 0 bridgehead atoms. The van der Waals surface area contributed by atoms with Crippen molar-refractivity contribution in [2.45, 2.75) is 20.8 Å². The lowest BCUT2D eigenvalue weighted by atomic mass is 10.1. The Labute approximate surface area is 170 Å². The molecule has 0 aliphatic rings. The first-order valence-corrected chi connectivity index (χ1v) is 9.35. The van der Waals surface area contributed by atoms with Gasteiger partial charge in [-0.25, -0.2) is 0 Å². The number of aromatic nitrogens is 4. The molecule has 3 heterocycles. The molecule has 3 aromatic rings. The minimum absolute atomic E-state index is 0.438. The third kappa shape index (κ3) is 4.87. The zero-order valence-electron chi connectivity index (χ0n) is 16.5. The molecule has 0 atom stereocenters. The number of allylic oxidation sites excluding steroid dienone is 3. The summed E-state index contributed by atoms with van der Waals surface area (Å²) in [5.74, 6) is 0.602. The quantitative estimate of drug-likeness (QED) is 0.534. The smallest absolute Gasteiger partial charge is 0.241 e. The van der Waals surface area contributed by atoms with Gasteiger partial charge in [0.05, 0.1) is 16.3 Å². The molecule has 0 N–H and O–H groups in total. The van der Waals surface area contributed by atoms with E-state index in [1.165, 1.54) is 0 Å². The van der Waals surface area contributed by atoms with E-state index in [0.717, 1.165) is 33.5 Å². The lowest BCUT2D eigenvalue weighted by Gasteiger charge is -2.06. The molecule has 0 aliphatic carbocycles. The van der Waals surface area contributed by atoms with E-state index in [0.29, 0.717) is 17.5 Å². The standard InChI is InChI=1S/C22H23ClN4O/c1-15(5-6-17(3)21-20(23)11-16(2)12-25-21)14-28-22-19(13-27(4)26-22)18-7-9-24-10-8-18/h5-13H,14H2,1-4H3/b15-5+,17-6+. The van der Waals surface area contributed by atoms with E-state index in [2.05, 4.69) is 15.1 Å². The molecule has 5 nitrogen and oxygen atoms in total. The SMILES string of the molecule is C/C(=C\C=C(/C)c1ncc(C)cc1Cl)COc1nn(C)cc1-c1ccncc1. The lowest BCUT2D eigenvalue weighted by molar-refractivity contribution is 0.335. The third-order valence-corrected chi connectivity index (χ3v) is 4.48. The third-order valence-electron chi connectivity index (χ3n) is 4.19. The summed E-state index contributed by atoms with van der Waals surface area (Å²) in [5, 5.41) is 5.08. The highest BCUT2D eigenvalue weighted by Gasteiger charge is 2.11. The molecule has 0 saturated heterocycles. The van der Waals surface area contributed by atoms with Gasteiger partial charge in [-0.2, -0.15) is 0 Å². The van der Waals surface area contributed by atoms with Crippen LogP contribution in [0.5, 0.6) is 5.88 Å². The van der Waals surface area contributed by atoms with Crippen molar-refractivity contribution in [3.8, 4) is 17.0 Å². The molecular weight excluding hydrogens is 372 g/mol. The van der Waals surface area contributed by atoms with Crippen LogP contribution in [0.1, 0.15) is 25.1 Å². The Kier molecular flexibility index (Phi) is 6.26. The molecule has 144 valence electrons. The minimum Gasteiger partial charge on any atom is -0.472 e. The second-order valence-electron chi connectivity index (χ2n) is 6.75. The summed E-state index contributed by atoms with van der Waals surface area (Å²) in [5.41, 5.74) is 5.87. The van der Waals surface area contributed by atoms with E-state index in [-0.39, 0.29) is 0 Å². The highest BCUT2D eigenvalue weighted by molar-refractivity contribution is 6.32. The van der Waals surface area contributed by atoms with Crippen LogP contribution in [-0.2, 0) is 7.05 Å². The number of hydrogen-bond acceptors (Lipinski definition) is 4. The van der Waals surface area contributed by atoms with E-state index >= 15 is 0 Å². The van der Waals surface area contributed by atoms with Gasteiger partial charge in [0.2, 0.25) is 5.88 Å². The summed E-state index contributed by atoms with van der Waals surface area (Å²) >= 11 is 6.30. The molecular formula is C22H23ClN4O. The zero-order chi connectivity index (χ0) is 20.1. The zero-order valence-corrected chi connectivity index (χ0v) is 17.2. The predicted molar refractivity (Wildman–Crippen MR) is 113 cm³/mol. The first-order chi connectivity index (χ1) is 13.4. The largest absolute Gasteiger partial charge is 0.472 e. The second-order valence-corrected chi connectivity index (χ2v) is 7.16. The van der Waals surface area contributed by atoms with Crippen LogP contribution in [0.15, 0.2) is 60.7 Å². The van der Waals surface area contributed by atoms with E-state index in [1.54, 1.807) is 17.1 Å². The van der Waals surface area contributed by atoms with E-state index < -0.39 is 0 Å². The number of nitrogens with zero attached hydrogens (tertiary/aromatic N) is 4. The van der Waals surface area contributed by atoms with Gasteiger partial charge in [-0.05, 0) is 61.2 Å². The van der Waals surface area contributed by atoms with E-state index in [4.69, 9.17) is 16.3 Å². The normalized spacial score (nSPS) is 12.3. The van der Waals surface area contributed by atoms with Crippen LogP contribution in [0.25, 0.3) is 16.7 Å². The molecule has 0 amide bonds. The van der Waals surface area contributed by atoms with Gasteiger partial charge < -0.3 is 4.74 Å². The van der Waals surface area contributed by atoms with Crippen LogP contribution in [0.4, 0.5) is 0 Å². The fourth-order valence-electron chi connectivity index (χ4n) is 2.70. The molecule has 3 aromatic heterocycles. The van der Waals surface area contributed by atoms with Gasteiger partial charge in [0, 0.05) is 31.8 Å². The number of rotatable bonds is 6. The molecule has 0 unspecified atom stereocenters. The van der Waals surface area contributed by atoms with Crippen molar-refractivity contribution in [3.05, 3.63) is 77.0 Å². The van der Waals surface area contributed by atoms with Gasteiger partial charge in [-0.3, -0.25) is 14.6 Å². The summed E-state index contributed by atoms with van der Waals surface area (Å²) in [6, 6.07) is 5.80. The average molecular weight is 395 g/mol. The Bertz CT molecular complexity index is 1020. The fraction of sp³-hybridized carbons (Fsp3) is 0.227. The molecule has 28 heavy (non-hydrogen) atoms. The van der Waals surface area contributed by atoms with Crippen molar-refractivity contribution in [3.63, 3.8) is 0 Å². The van der Waals surface area contributed by atoms with Gasteiger partial charge in [-0.15, -0.1) is 5.10 Å². The van der Waals surface area contributed by atoms with Crippen LogP contribution in [0, 0.1) is 6.92 Å². The average Bonchev–Trinajstić information content (AvgIpc) is 3.06. The monoisotopic (exact) mass is 394 g/mol. The van der Waals surface area contributed by atoms with Gasteiger partial charge in [0.15, 0.2) is 0 Å². The number of pyridine rings is 2. The Morgan fingerprint density at radius 3 is 2.68 bits per heavy atom. The van der Waals surface area contributed by atoms with Crippen molar-refractivity contribution >= 4 is 17.2 Å². The molecule has 0 aliphatic heterocycles. The molecule has 0 saturated carbocycles. The Hall–Kier alpha value is -2.92. The van der Waals surface area contributed by atoms with Crippen LogP contribution in [0.2, 0.25) is 5.02 Å². The lowest BCUT2D eigenvalue weighted by Crippen LogP contribution is -2.00. The fourth-order valence-corrected chi connectivity index (χ4v) is 3.07. The maximum absolute atomic E-state index is 6.30. The summed E-state index contributed by atoms with van der Waals surface area (Å²) in [6.45, 7) is 6.42. The van der Waals surface area contributed by atoms with Crippen molar-refractivity contribution in [1.29, 1.82) is 0 Å². The first kappa shape index (κ1) is 19.8. The van der Waals surface area contributed by atoms with Crippen molar-refractivity contribution in [1.82, 2.24) is 19.7 Å². The number of ether oxygens (including phenoxy) is 1. The predicted octanol–water partition coefficient (Wildman–Crippen LogP) is 5.27. The maximum atomic E-state index is 6.30. The summed E-state index contributed by atoms with van der Waals surface area (Å²) < 4.78 is 7.71. The first-order valence-electron chi connectivity index (χ1n) is 8.97. The van der Waals surface area contributed by atoms with Crippen molar-refractivity contribution in [2.24, 2.45) is 7.05 Å². The Morgan fingerprint density at radius 1 is 1.21 bits per heavy atom. The highest BCUT2D eigenvalue weighted by Crippen LogP contribution is 2.28. The molecule has 6 heteroatoms. The molecule has 3 rings (SSSR count). The van der Waals surface area contributed by atoms with E-state index in [1.807, 2.05) is 70.6 Å². The Morgan fingerprint density at radius 2 is 1.96 bits per heavy atom. The maximum Gasteiger partial charge on any atom is 0.241 e. The molecule has 0 aromatic carbocycles. The minimum atomic E-state index is 0.438. The van der Waals surface area contributed by atoms with Crippen molar-refractivity contribution in [2.75, 3.05) is 6.61 Å². The van der Waals surface area contributed by atoms with Gasteiger partial charge in [0.25, 0.3) is 0 Å². The van der Waals surface area contributed by atoms with Crippen molar-refractivity contribution < 1.29 is 4.74 Å². The number of aryl methyl sites for hydroxylation is 2. The topological polar surface area (TPSA) is 52.8 Å². The van der Waals surface area contributed by atoms with Crippen LogP contribution in [-0.4, -0.2) is 26.4 Å². The number of hydrogen-bond donors (Lipinski definition) is 0. The number of halogens is 1. The molecule has 0 spiro atoms. The van der Waals surface area contributed by atoms with Crippen LogP contribution < -0.4 is 4.74 Å². The van der Waals surface area contributed by atoms with Crippen LogP contribution in [0.3, 0.4) is 0 Å².